The smallest absolute Gasteiger partial charge is 0.145 e. The van der Waals surface area contributed by atoms with E-state index < -0.39 is 0 Å². The van der Waals surface area contributed by atoms with Crippen molar-refractivity contribution >= 4 is 6.29 Å². The van der Waals surface area contributed by atoms with Crippen LogP contribution in [0.25, 0.3) is 0 Å². The monoisotopic (exact) mass is 184 g/mol. The van der Waals surface area contributed by atoms with E-state index in [2.05, 4.69) is 0 Å². The third-order valence-corrected chi connectivity index (χ3v) is 1.92. The zero-order valence-electron chi connectivity index (χ0n) is 8.37. The van der Waals surface area contributed by atoms with Gasteiger partial charge in [-0.05, 0) is 32.4 Å². The van der Waals surface area contributed by atoms with E-state index in [9.17, 15) is 4.79 Å². The topological polar surface area (TPSA) is 35.5 Å². The maximum atomic E-state index is 10.3. The average molecular weight is 184 g/mol. The molecule has 1 rings (SSSR count). The van der Waals surface area contributed by atoms with E-state index in [1.54, 1.807) is 13.0 Å². The van der Waals surface area contributed by atoms with Crippen LogP contribution < -0.4 is 0 Å². The van der Waals surface area contributed by atoms with Gasteiger partial charge in [-0.2, -0.15) is 0 Å². The molecule has 1 heterocycles. The summed E-state index contributed by atoms with van der Waals surface area (Å²) in [6.45, 7) is 6.83. The molecule has 1 atom stereocenters. The first-order valence-corrected chi connectivity index (χ1v) is 4.43. The molecule has 74 valence electrons. The van der Waals surface area contributed by atoms with Crippen molar-refractivity contribution in [2.24, 2.45) is 0 Å². The fourth-order valence-corrected chi connectivity index (χ4v) is 1.13. The molecule has 0 aromatic heterocycles. The summed E-state index contributed by atoms with van der Waals surface area (Å²) in [6, 6.07) is 0. The van der Waals surface area contributed by atoms with Gasteiger partial charge < -0.3 is 9.47 Å². The zero-order chi connectivity index (χ0) is 9.90. The van der Waals surface area contributed by atoms with Crippen LogP contribution in [0.3, 0.4) is 0 Å². The number of ether oxygens (including phenoxy) is 2. The molecule has 1 fully saturated rings. The molecule has 1 saturated heterocycles. The summed E-state index contributed by atoms with van der Waals surface area (Å²) in [5.74, 6) is 0. The molecule has 0 spiro atoms. The first-order chi connectivity index (χ1) is 6.03. The van der Waals surface area contributed by atoms with Crippen molar-refractivity contribution < 1.29 is 14.3 Å². The number of hydrogen-bond donors (Lipinski definition) is 0. The van der Waals surface area contributed by atoms with Gasteiger partial charge in [0.1, 0.15) is 6.29 Å². The summed E-state index contributed by atoms with van der Waals surface area (Å²) in [4.78, 5) is 10.3. The fourth-order valence-electron chi connectivity index (χ4n) is 1.13. The van der Waals surface area contributed by atoms with Gasteiger partial charge in [0, 0.05) is 0 Å². The third-order valence-electron chi connectivity index (χ3n) is 1.92. The molecule has 3 nitrogen and oxygen atoms in total. The lowest BCUT2D eigenvalue weighted by molar-refractivity contribution is -0.161. The average Bonchev–Trinajstić information content (AvgIpc) is 2.08. The van der Waals surface area contributed by atoms with Crippen molar-refractivity contribution in [3.05, 3.63) is 11.6 Å². The molecular formula is C10H16O3. The molecule has 1 unspecified atom stereocenters. The number of rotatable bonds is 2. The SMILES string of the molecule is CC(C=O)=CC1COC(C)(C)CO1. The lowest BCUT2D eigenvalue weighted by Gasteiger charge is -2.33. The van der Waals surface area contributed by atoms with Gasteiger partial charge in [0.25, 0.3) is 0 Å². The number of allylic oxidation sites excluding steroid dienone is 1. The quantitative estimate of drug-likeness (QED) is 0.479. The molecule has 1 aliphatic rings. The summed E-state index contributed by atoms with van der Waals surface area (Å²) in [7, 11) is 0. The molecule has 0 aliphatic carbocycles. The Morgan fingerprint density at radius 3 is 2.69 bits per heavy atom. The van der Waals surface area contributed by atoms with E-state index in [0.717, 1.165) is 6.29 Å². The standard InChI is InChI=1S/C10H16O3/c1-8(5-11)4-9-6-13-10(2,3)7-12-9/h4-5,9H,6-7H2,1-3H3. The summed E-state index contributed by atoms with van der Waals surface area (Å²) in [5, 5.41) is 0. The molecular weight excluding hydrogens is 168 g/mol. The normalized spacial score (nSPS) is 28.5. The molecule has 0 radical (unpaired) electrons. The Kier molecular flexibility index (Phi) is 3.22. The molecule has 3 heteroatoms. The second-order valence-electron chi connectivity index (χ2n) is 3.95. The van der Waals surface area contributed by atoms with E-state index in [1.807, 2.05) is 13.8 Å². The molecule has 0 N–H and O–H groups in total. The number of carbonyl (C=O) groups excluding carboxylic acids is 1. The van der Waals surface area contributed by atoms with E-state index in [4.69, 9.17) is 9.47 Å². The number of hydrogen-bond acceptors (Lipinski definition) is 3. The van der Waals surface area contributed by atoms with E-state index in [-0.39, 0.29) is 11.7 Å². The van der Waals surface area contributed by atoms with E-state index >= 15 is 0 Å². The van der Waals surface area contributed by atoms with Gasteiger partial charge in [-0.1, -0.05) is 0 Å². The van der Waals surface area contributed by atoms with Crippen LogP contribution in [-0.2, 0) is 14.3 Å². The molecule has 0 bridgehead atoms. The van der Waals surface area contributed by atoms with E-state index in [1.165, 1.54) is 0 Å². The van der Waals surface area contributed by atoms with Crippen LogP contribution in [0, 0.1) is 0 Å². The van der Waals surface area contributed by atoms with Crippen molar-refractivity contribution in [3.8, 4) is 0 Å². The van der Waals surface area contributed by atoms with Gasteiger partial charge in [0.15, 0.2) is 0 Å². The van der Waals surface area contributed by atoms with Crippen LogP contribution >= 0.6 is 0 Å². The second-order valence-corrected chi connectivity index (χ2v) is 3.95. The highest BCUT2D eigenvalue weighted by Crippen LogP contribution is 2.18. The molecule has 13 heavy (non-hydrogen) atoms. The first kappa shape index (κ1) is 10.4. The van der Waals surface area contributed by atoms with Crippen LogP contribution in [0.4, 0.5) is 0 Å². The van der Waals surface area contributed by atoms with Crippen molar-refractivity contribution in [1.82, 2.24) is 0 Å². The van der Waals surface area contributed by atoms with E-state index in [0.29, 0.717) is 18.8 Å². The van der Waals surface area contributed by atoms with Crippen molar-refractivity contribution in [2.45, 2.75) is 32.5 Å². The molecule has 1 aliphatic heterocycles. The highest BCUT2D eigenvalue weighted by molar-refractivity contribution is 5.72. The van der Waals surface area contributed by atoms with Crippen LogP contribution in [0.2, 0.25) is 0 Å². The van der Waals surface area contributed by atoms with Gasteiger partial charge in [-0.25, -0.2) is 0 Å². The maximum absolute atomic E-state index is 10.3. The minimum atomic E-state index is -0.195. The highest BCUT2D eigenvalue weighted by atomic mass is 16.6. The van der Waals surface area contributed by atoms with Crippen LogP contribution in [0.1, 0.15) is 20.8 Å². The predicted molar refractivity (Wildman–Crippen MR) is 49.6 cm³/mol. The molecule has 0 aromatic rings. The third kappa shape index (κ3) is 3.28. The first-order valence-electron chi connectivity index (χ1n) is 4.43. The largest absolute Gasteiger partial charge is 0.370 e. The zero-order valence-corrected chi connectivity index (χ0v) is 8.37. The number of aldehydes is 1. The minimum absolute atomic E-state index is 0.0711. The summed E-state index contributed by atoms with van der Waals surface area (Å²) < 4.78 is 11.0. The van der Waals surface area contributed by atoms with Gasteiger partial charge in [-0.3, -0.25) is 4.79 Å². The Balaban J connectivity index is 2.46. The van der Waals surface area contributed by atoms with Crippen molar-refractivity contribution in [3.63, 3.8) is 0 Å². The Bertz CT molecular complexity index is 208. The van der Waals surface area contributed by atoms with Gasteiger partial charge in [-0.15, -0.1) is 0 Å². The minimum Gasteiger partial charge on any atom is -0.370 e. The van der Waals surface area contributed by atoms with Gasteiger partial charge in [0.2, 0.25) is 0 Å². The summed E-state index contributed by atoms with van der Waals surface area (Å²) >= 11 is 0. The Morgan fingerprint density at radius 2 is 2.23 bits per heavy atom. The van der Waals surface area contributed by atoms with Crippen molar-refractivity contribution in [1.29, 1.82) is 0 Å². The van der Waals surface area contributed by atoms with Crippen LogP contribution in [0.15, 0.2) is 11.6 Å². The Morgan fingerprint density at radius 1 is 1.54 bits per heavy atom. The second kappa shape index (κ2) is 4.03. The lowest BCUT2D eigenvalue weighted by Crippen LogP contribution is -2.41. The maximum Gasteiger partial charge on any atom is 0.145 e. The number of carbonyl (C=O) groups is 1. The van der Waals surface area contributed by atoms with Gasteiger partial charge in [0.05, 0.1) is 24.9 Å². The summed E-state index contributed by atoms with van der Waals surface area (Å²) in [5.41, 5.74) is 0.493. The van der Waals surface area contributed by atoms with Crippen LogP contribution in [0.5, 0.6) is 0 Å². The fraction of sp³-hybridized carbons (Fsp3) is 0.700. The van der Waals surface area contributed by atoms with Crippen LogP contribution in [-0.4, -0.2) is 31.2 Å². The summed E-state index contributed by atoms with van der Waals surface area (Å²) in [6.07, 6.45) is 2.55. The Labute approximate surface area is 78.7 Å². The molecule has 0 amide bonds. The highest BCUT2D eigenvalue weighted by Gasteiger charge is 2.27. The van der Waals surface area contributed by atoms with Gasteiger partial charge >= 0.3 is 0 Å². The molecule has 0 saturated carbocycles. The predicted octanol–water partition coefficient (Wildman–Crippen LogP) is 1.33. The lowest BCUT2D eigenvalue weighted by atomic mass is 10.1. The van der Waals surface area contributed by atoms with Crippen molar-refractivity contribution in [2.75, 3.05) is 13.2 Å². The Hall–Kier alpha value is -0.670. The molecule has 0 aromatic carbocycles.